The molecule has 0 saturated carbocycles. The molecule has 1 N–H and O–H groups in total. The van der Waals surface area contributed by atoms with Crippen LogP contribution in [-0.4, -0.2) is 0 Å². The van der Waals surface area contributed by atoms with Gasteiger partial charge in [0.1, 0.15) is 0 Å². The van der Waals surface area contributed by atoms with E-state index in [-0.39, 0.29) is 6.04 Å². The minimum absolute atomic E-state index is 0.228. The van der Waals surface area contributed by atoms with E-state index < -0.39 is 0 Å². The Balaban J connectivity index is 2.15. The summed E-state index contributed by atoms with van der Waals surface area (Å²) in [5.41, 5.74) is 0.878. The molecule has 0 radical (unpaired) electrons. The lowest BCUT2D eigenvalue weighted by atomic mass is 10.2. The van der Waals surface area contributed by atoms with E-state index in [4.69, 9.17) is 23.2 Å². The molecule has 0 spiro atoms. The van der Waals surface area contributed by atoms with Crippen LogP contribution >= 0.6 is 34.5 Å². The molecule has 0 aliphatic rings. The van der Waals surface area contributed by atoms with Gasteiger partial charge in [0, 0.05) is 9.75 Å². The standard InChI is InChI=1S/C14H15Cl2NS/c1-3-10-7-8-13(18-10)9(2)17-12-6-4-5-11(15)14(12)16/h4-9,17H,3H2,1-2H3. The largest absolute Gasteiger partial charge is 0.376 e. The first-order valence-electron chi connectivity index (χ1n) is 5.91. The molecule has 0 fully saturated rings. The maximum absolute atomic E-state index is 6.17. The first-order chi connectivity index (χ1) is 8.61. The number of hydrogen-bond donors (Lipinski definition) is 1. The van der Waals surface area contributed by atoms with Gasteiger partial charge in [-0.2, -0.15) is 0 Å². The van der Waals surface area contributed by atoms with Crippen molar-refractivity contribution in [2.45, 2.75) is 26.3 Å². The molecule has 0 bridgehead atoms. The Labute approximate surface area is 122 Å². The fourth-order valence-corrected chi connectivity index (χ4v) is 3.05. The van der Waals surface area contributed by atoms with E-state index in [0.29, 0.717) is 10.0 Å². The Morgan fingerprint density at radius 2 is 2.00 bits per heavy atom. The zero-order valence-corrected chi connectivity index (χ0v) is 12.7. The van der Waals surface area contributed by atoms with E-state index in [9.17, 15) is 0 Å². The smallest absolute Gasteiger partial charge is 0.0823 e. The van der Waals surface area contributed by atoms with Crippen LogP contribution < -0.4 is 5.32 Å². The third-order valence-electron chi connectivity index (χ3n) is 2.78. The predicted molar refractivity (Wildman–Crippen MR) is 82.2 cm³/mol. The lowest BCUT2D eigenvalue weighted by molar-refractivity contribution is 0.908. The van der Waals surface area contributed by atoms with Crippen LogP contribution in [0.1, 0.15) is 29.6 Å². The first kappa shape index (κ1) is 13.7. The molecule has 2 aromatic rings. The highest BCUT2D eigenvalue weighted by Gasteiger charge is 2.11. The summed E-state index contributed by atoms with van der Waals surface area (Å²) in [5.74, 6) is 0. The summed E-state index contributed by atoms with van der Waals surface area (Å²) in [4.78, 5) is 2.71. The highest BCUT2D eigenvalue weighted by molar-refractivity contribution is 7.12. The van der Waals surface area contributed by atoms with E-state index in [1.54, 1.807) is 6.07 Å². The van der Waals surface area contributed by atoms with Gasteiger partial charge < -0.3 is 5.32 Å². The van der Waals surface area contributed by atoms with Crippen molar-refractivity contribution < 1.29 is 0 Å². The normalized spacial score (nSPS) is 12.4. The predicted octanol–water partition coefficient (Wildman–Crippen LogP) is 5.79. The first-order valence-corrected chi connectivity index (χ1v) is 7.48. The molecule has 96 valence electrons. The van der Waals surface area contributed by atoms with Gasteiger partial charge in [-0.15, -0.1) is 11.3 Å². The molecular formula is C14H15Cl2NS. The monoisotopic (exact) mass is 299 g/mol. The van der Waals surface area contributed by atoms with E-state index in [0.717, 1.165) is 12.1 Å². The number of anilines is 1. The van der Waals surface area contributed by atoms with Crippen molar-refractivity contribution in [3.63, 3.8) is 0 Å². The quantitative estimate of drug-likeness (QED) is 0.753. The summed E-state index contributed by atoms with van der Waals surface area (Å²) in [5, 5.41) is 4.56. The Kier molecular flexibility index (Phi) is 4.55. The number of hydrogen-bond acceptors (Lipinski definition) is 2. The van der Waals surface area contributed by atoms with Gasteiger partial charge in [0.15, 0.2) is 0 Å². The fourth-order valence-electron chi connectivity index (χ4n) is 1.74. The van der Waals surface area contributed by atoms with Crippen molar-refractivity contribution in [2.75, 3.05) is 5.32 Å². The Morgan fingerprint density at radius 3 is 2.67 bits per heavy atom. The average molecular weight is 300 g/mol. The zero-order valence-electron chi connectivity index (χ0n) is 10.3. The molecule has 1 unspecified atom stereocenters. The maximum Gasteiger partial charge on any atom is 0.0823 e. The molecule has 0 saturated heterocycles. The van der Waals surface area contributed by atoms with Crippen molar-refractivity contribution in [3.05, 3.63) is 50.1 Å². The van der Waals surface area contributed by atoms with Crippen LogP contribution in [0.4, 0.5) is 5.69 Å². The van der Waals surface area contributed by atoms with E-state index in [1.807, 2.05) is 23.5 Å². The second-order valence-electron chi connectivity index (χ2n) is 4.13. The van der Waals surface area contributed by atoms with Crippen LogP contribution in [-0.2, 0) is 6.42 Å². The van der Waals surface area contributed by atoms with E-state index >= 15 is 0 Å². The number of thiophene rings is 1. The topological polar surface area (TPSA) is 12.0 Å². The summed E-state index contributed by atoms with van der Waals surface area (Å²) in [6.45, 7) is 4.30. The fraction of sp³-hybridized carbons (Fsp3) is 0.286. The lowest BCUT2D eigenvalue weighted by Gasteiger charge is -2.15. The minimum atomic E-state index is 0.228. The molecule has 0 aliphatic heterocycles. The van der Waals surface area contributed by atoms with Gasteiger partial charge in [0.25, 0.3) is 0 Å². The van der Waals surface area contributed by atoms with Gasteiger partial charge in [-0.25, -0.2) is 0 Å². The van der Waals surface area contributed by atoms with Gasteiger partial charge in [-0.3, -0.25) is 0 Å². The van der Waals surface area contributed by atoms with Crippen molar-refractivity contribution in [3.8, 4) is 0 Å². The van der Waals surface area contributed by atoms with Crippen LogP contribution in [0.25, 0.3) is 0 Å². The van der Waals surface area contributed by atoms with E-state index in [1.165, 1.54) is 9.75 Å². The number of rotatable bonds is 4. The number of halogens is 2. The molecule has 18 heavy (non-hydrogen) atoms. The van der Waals surface area contributed by atoms with E-state index in [2.05, 4.69) is 31.3 Å². The molecule has 1 aromatic carbocycles. The highest BCUT2D eigenvalue weighted by Crippen LogP contribution is 2.33. The summed E-state index contributed by atoms with van der Waals surface area (Å²) in [6.07, 6.45) is 1.08. The maximum atomic E-state index is 6.17. The molecule has 0 amide bonds. The summed E-state index contributed by atoms with van der Waals surface area (Å²) in [6, 6.07) is 10.2. The highest BCUT2D eigenvalue weighted by atomic mass is 35.5. The lowest BCUT2D eigenvalue weighted by Crippen LogP contribution is -2.05. The molecular weight excluding hydrogens is 285 g/mol. The number of aryl methyl sites for hydroxylation is 1. The third-order valence-corrected chi connectivity index (χ3v) is 5.01. The molecule has 1 heterocycles. The summed E-state index contributed by atoms with van der Waals surface area (Å²) < 4.78 is 0. The molecule has 1 nitrogen and oxygen atoms in total. The minimum Gasteiger partial charge on any atom is -0.376 e. The molecule has 4 heteroatoms. The van der Waals surface area contributed by atoms with Gasteiger partial charge in [0.2, 0.25) is 0 Å². The van der Waals surface area contributed by atoms with Crippen LogP contribution in [0, 0.1) is 0 Å². The Morgan fingerprint density at radius 1 is 1.22 bits per heavy atom. The molecule has 1 atom stereocenters. The van der Waals surface area contributed by atoms with Crippen molar-refractivity contribution in [2.24, 2.45) is 0 Å². The van der Waals surface area contributed by atoms with Gasteiger partial charge in [-0.05, 0) is 37.6 Å². The zero-order chi connectivity index (χ0) is 13.1. The molecule has 2 rings (SSSR count). The van der Waals surface area contributed by atoms with Crippen LogP contribution in [0.5, 0.6) is 0 Å². The van der Waals surface area contributed by atoms with Crippen molar-refractivity contribution in [1.82, 2.24) is 0 Å². The second kappa shape index (κ2) is 5.96. The number of benzene rings is 1. The Bertz CT molecular complexity index is 536. The van der Waals surface area contributed by atoms with Crippen LogP contribution in [0.2, 0.25) is 10.0 Å². The van der Waals surface area contributed by atoms with Crippen molar-refractivity contribution in [1.29, 1.82) is 0 Å². The van der Waals surface area contributed by atoms with Crippen LogP contribution in [0.15, 0.2) is 30.3 Å². The second-order valence-corrected chi connectivity index (χ2v) is 6.11. The van der Waals surface area contributed by atoms with Gasteiger partial charge in [0.05, 0.1) is 21.8 Å². The summed E-state index contributed by atoms with van der Waals surface area (Å²) in [7, 11) is 0. The van der Waals surface area contributed by atoms with Crippen LogP contribution in [0.3, 0.4) is 0 Å². The number of nitrogens with one attached hydrogen (secondary N) is 1. The Hall–Kier alpha value is -0.700. The van der Waals surface area contributed by atoms with Crippen molar-refractivity contribution >= 4 is 40.2 Å². The third kappa shape index (κ3) is 3.00. The average Bonchev–Trinajstić information content (AvgIpc) is 2.83. The van der Waals surface area contributed by atoms with Gasteiger partial charge in [-0.1, -0.05) is 36.2 Å². The molecule has 0 aliphatic carbocycles. The molecule has 1 aromatic heterocycles. The summed E-state index contributed by atoms with van der Waals surface area (Å²) >= 11 is 14.0. The SMILES string of the molecule is CCc1ccc(C(C)Nc2cccc(Cl)c2Cl)s1. The van der Waals surface area contributed by atoms with Gasteiger partial charge >= 0.3 is 0 Å².